The van der Waals surface area contributed by atoms with E-state index in [1.165, 1.54) is 0 Å². The van der Waals surface area contributed by atoms with Gasteiger partial charge in [0.2, 0.25) is 0 Å². The largest absolute Gasteiger partial charge is 0.376 e. The van der Waals surface area contributed by atoms with E-state index in [4.69, 9.17) is 21.6 Å². The van der Waals surface area contributed by atoms with Crippen molar-refractivity contribution in [1.29, 1.82) is 5.26 Å². The third kappa shape index (κ3) is 2.11. The molecule has 2 unspecified atom stereocenters. The molecule has 84 valence electrons. The van der Waals surface area contributed by atoms with Crippen LogP contribution in [0.4, 0.5) is 5.82 Å². The smallest absolute Gasteiger partial charge is 0.146 e. The summed E-state index contributed by atoms with van der Waals surface area (Å²) in [6, 6.07) is 3.84. The quantitative estimate of drug-likeness (QED) is 0.857. The van der Waals surface area contributed by atoms with Gasteiger partial charge in [-0.15, -0.1) is 0 Å². The highest BCUT2D eigenvalue weighted by Crippen LogP contribution is 2.26. The molecule has 16 heavy (non-hydrogen) atoms. The Morgan fingerprint density at radius 1 is 1.69 bits per heavy atom. The number of halogens is 1. The Morgan fingerprint density at radius 2 is 2.50 bits per heavy atom. The van der Waals surface area contributed by atoms with E-state index in [0.717, 1.165) is 13.0 Å². The first-order chi connectivity index (χ1) is 7.72. The summed E-state index contributed by atoms with van der Waals surface area (Å²) in [4.78, 5) is 4.14. The highest BCUT2D eigenvalue weighted by atomic mass is 35.5. The van der Waals surface area contributed by atoms with Crippen LogP contribution in [0, 0.1) is 11.3 Å². The van der Waals surface area contributed by atoms with Gasteiger partial charge in [0.1, 0.15) is 16.9 Å². The first-order valence-corrected chi connectivity index (χ1v) is 5.53. The van der Waals surface area contributed by atoms with Gasteiger partial charge in [-0.2, -0.15) is 5.26 Å². The molecule has 2 heterocycles. The number of hydrogen-bond donors (Lipinski definition) is 1. The summed E-state index contributed by atoms with van der Waals surface area (Å²) < 4.78 is 5.44. The lowest BCUT2D eigenvalue weighted by Crippen LogP contribution is -2.27. The van der Waals surface area contributed by atoms with Crippen LogP contribution in [0.25, 0.3) is 0 Å². The molecule has 2 atom stereocenters. The number of nitriles is 1. The lowest BCUT2D eigenvalue weighted by molar-refractivity contribution is 0.121. The Bertz CT molecular complexity index is 430. The van der Waals surface area contributed by atoms with Crippen LogP contribution in [0.2, 0.25) is 5.02 Å². The average molecular weight is 238 g/mol. The van der Waals surface area contributed by atoms with Crippen molar-refractivity contribution in [2.75, 3.05) is 11.9 Å². The van der Waals surface area contributed by atoms with Crippen molar-refractivity contribution in [2.45, 2.75) is 25.5 Å². The number of hydrogen-bond acceptors (Lipinski definition) is 4. The van der Waals surface area contributed by atoms with E-state index in [1.807, 2.05) is 13.0 Å². The molecular weight excluding hydrogens is 226 g/mol. The predicted molar refractivity (Wildman–Crippen MR) is 61.4 cm³/mol. The summed E-state index contributed by atoms with van der Waals surface area (Å²) >= 11 is 6.05. The van der Waals surface area contributed by atoms with Gasteiger partial charge < -0.3 is 10.1 Å². The minimum Gasteiger partial charge on any atom is -0.376 e. The number of anilines is 1. The number of rotatable bonds is 2. The van der Waals surface area contributed by atoms with Crippen molar-refractivity contribution in [1.82, 2.24) is 4.98 Å². The molecule has 1 aliphatic heterocycles. The van der Waals surface area contributed by atoms with Gasteiger partial charge in [0.05, 0.1) is 17.7 Å². The molecular formula is C11H12ClN3O. The fourth-order valence-corrected chi connectivity index (χ4v) is 1.94. The van der Waals surface area contributed by atoms with E-state index in [9.17, 15) is 0 Å². The fraction of sp³-hybridized carbons (Fsp3) is 0.455. The molecule has 0 saturated carbocycles. The second-order valence-corrected chi connectivity index (χ2v) is 4.13. The van der Waals surface area contributed by atoms with Gasteiger partial charge >= 0.3 is 0 Å². The average Bonchev–Trinajstić information content (AvgIpc) is 2.68. The third-order valence-electron chi connectivity index (χ3n) is 2.71. The van der Waals surface area contributed by atoms with Crippen molar-refractivity contribution in [3.8, 4) is 6.07 Å². The van der Waals surface area contributed by atoms with Crippen molar-refractivity contribution >= 4 is 17.4 Å². The van der Waals surface area contributed by atoms with Gasteiger partial charge in [-0.25, -0.2) is 4.98 Å². The second-order valence-electron chi connectivity index (χ2n) is 3.75. The predicted octanol–water partition coefficient (Wildman–Crippen LogP) is 2.20. The van der Waals surface area contributed by atoms with E-state index in [2.05, 4.69) is 10.3 Å². The normalized spacial score (nSPS) is 24.1. The summed E-state index contributed by atoms with van der Waals surface area (Å²) in [7, 11) is 0. The van der Waals surface area contributed by atoms with Gasteiger partial charge in [-0.1, -0.05) is 11.6 Å². The van der Waals surface area contributed by atoms with Gasteiger partial charge in [-0.3, -0.25) is 0 Å². The van der Waals surface area contributed by atoms with Crippen molar-refractivity contribution in [2.24, 2.45) is 0 Å². The number of ether oxygens (including phenoxy) is 1. The van der Waals surface area contributed by atoms with Gasteiger partial charge in [-0.05, 0) is 19.4 Å². The van der Waals surface area contributed by atoms with Gasteiger partial charge in [0, 0.05) is 12.8 Å². The Labute approximate surface area is 99.2 Å². The highest BCUT2D eigenvalue weighted by molar-refractivity contribution is 6.34. The van der Waals surface area contributed by atoms with Crippen LogP contribution < -0.4 is 5.32 Å². The minimum atomic E-state index is 0.142. The molecule has 0 aromatic carbocycles. The molecule has 4 nitrogen and oxygen atoms in total. The Balaban J connectivity index is 2.19. The highest BCUT2D eigenvalue weighted by Gasteiger charge is 2.25. The molecule has 1 aliphatic rings. The van der Waals surface area contributed by atoms with Crippen LogP contribution in [0.3, 0.4) is 0 Å². The van der Waals surface area contributed by atoms with E-state index in [1.54, 1.807) is 12.3 Å². The molecule has 0 radical (unpaired) electrons. The van der Waals surface area contributed by atoms with E-state index < -0.39 is 0 Å². The first-order valence-electron chi connectivity index (χ1n) is 5.15. The zero-order valence-corrected chi connectivity index (χ0v) is 9.66. The van der Waals surface area contributed by atoms with Crippen molar-refractivity contribution < 1.29 is 4.74 Å². The van der Waals surface area contributed by atoms with E-state index >= 15 is 0 Å². The molecule has 0 amide bonds. The summed E-state index contributed by atoms with van der Waals surface area (Å²) in [5.74, 6) is 0.558. The van der Waals surface area contributed by atoms with Crippen LogP contribution in [0.1, 0.15) is 18.9 Å². The maximum Gasteiger partial charge on any atom is 0.146 e. The number of nitrogens with zero attached hydrogens (tertiary/aromatic N) is 2. The molecule has 1 aromatic heterocycles. The SMILES string of the molecule is CC1OCCC1Nc1nccc(C#N)c1Cl. The monoisotopic (exact) mass is 237 g/mol. The Hall–Kier alpha value is -1.31. The van der Waals surface area contributed by atoms with E-state index in [-0.39, 0.29) is 12.1 Å². The van der Waals surface area contributed by atoms with Crippen LogP contribution in [-0.2, 0) is 4.74 Å². The minimum absolute atomic E-state index is 0.142. The van der Waals surface area contributed by atoms with Gasteiger partial charge in [0.15, 0.2) is 0 Å². The zero-order chi connectivity index (χ0) is 11.5. The molecule has 2 rings (SSSR count). The van der Waals surface area contributed by atoms with Crippen LogP contribution in [0.5, 0.6) is 0 Å². The molecule has 5 heteroatoms. The summed E-state index contributed by atoms with van der Waals surface area (Å²) in [5.41, 5.74) is 0.436. The molecule has 1 N–H and O–H groups in total. The maximum absolute atomic E-state index is 8.84. The molecule has 0 aliphatic carbocycles. The van der Waals surface area contributed by atoms with Crippen molar-refractivity contribution in [3.05, 3.63) is 22.8 Å². The first kappa shape index (κ1) is 11.2. The molecule has 1 aromatic rings. The lowest BCUT2D eigenvalue weighted by Gasteiger charge is -2.17. The van der Waals surface area contributed by atoms with Crippen LogP contribution in [0.15, 0.2) is 12.3 Å². The Morgan fingerprint density at radius 3 is 3.12 bits per heavy atom. The third-order valence-corrected chi connectivity index (χ3v) is 3.09. The van der Waals surface area contributed by atoms with Crippen LogP contribution in [-0.4, -0.2) is 23.7 Å². The van der Waals surface area contributed by atoms with Gasteiger partial charge in [0.25, 0.3) is 0 Å². The molecule has 0 spiro atoms. The zero-order valence-electron chi connectivity index (χ0n) is 8.90. The summed E-state index contributed by atoms with van der Waals surface area (Å²) in [6.07, 6.45) is 2.65. The molecule has 1 saturated heterocycles. The van der Waals surface area contributed by atoms with E-state index in [0.29, 0.717) is 16.4 Å². The summed E-state index contributed by atoms with van der Waals surface area (Å²) in [5, 5.41) is 12.4. The topological polar surface area (TPSA) is 57.9 Å². The molecule has 0 bridgehead atoms. The van der Waals surface area contributed by atoms with Crippen molar-refractivity contribution in [3.63, 3.8) is 0 Å². The summed E-state index contributed by atoms with van der Waals surface area (Å²) in [6.45, 7) is 2.75. The maximum atomic E-state index is 8.84. The fourth-order valence-electron chi connectivity index (χ4n) is 1.73. The standard InChI is InChI=1S/C11H12ClN3O/c1-7-9(3-5-16-7)15-11-10(12)8(6-13)2-4-14-11/h2,4,7,9H,3,5H2,1H3,(H,14,15). The number of aromatic nitrogens is 1. The number of pyridine rings is 1. The number of nitrogens with one attached hydrogen (secondary N) is 1. The Kier molecular flexibility index (Phi) is 3.28. The van der Waals surface area contributed by atoms with Crippen LogP contribution >= 0.6 is 11.6 Å². The lowest BCUT2D eigenvalue weighted by atomic mass is 10.1. The molecule has 1 fully saturated rings. The second kappa shape index (κ2) is 4.69.